The molecule has 1 aromatic carbocycles. The van der Waals surface area contributed by atoms with Crippen LogP contribution in [0.3, 0.4) is 0 Å². The highest BCUT2D eigenvalue weighted by molar-refractivity contribution is 8.00. The number of halogens is 1. The number of carbonyl (C=O) groups excluding carboxylic acids is 2. The number of amides is 3. The van der Waals surface area contributed by atoms with Crippen molar-refractivity contribution in [3.63, 3.8) is 0 Å². The van der Waals surface area contributed by atoms with Gasteiger partial charge in [-0.3, -0.25) is 14.7 Å². The molecule has 1 fully saturated rings. The molecule has 2 N–H and O–H groups in total. The van der Waals surface area contributed by atoms with Crippen molar-refractivity contribution < 1.29 is 18.7 Å². The molecule has 1 aliphatic heterocycles. The lowest BCUT2D eigenvalue weighted by Crippen LogP contribution is -2.41. The first-order chi connectivity index (χ1) is 13.5. The van der Waals surface area contributed by atoms with E-state index in [1.54, 1.807) is 19.1 Å². The SMILES string of the molecule is CNC(=O)NC(=O)[C@@H](C)Sc1nnc(-c2ccc(F)cc2)n1C[C@H]1CCCO1. The Balaban J connectivity index is 1.84. The number of thioether (sulfide) groups is 1. The van der Waals surface area contributed by atoms with Crippen molar-refractivity contribution in [2.75, 3.05) is 13.7 Å². The molecule has 3 amide bonds. The molecule has 0 aliphatic carbocycles. The number of nitrogens with one attached hydrogen (secondary N) is 2. The van der Waals surface area contributed by atoms with Crippen molar-refractivity contribution in [3.05, 3.63) is 30.1 Å². The molecule has 3 rings (SSSR count). The maximum absolute atomic E-state index is 13.3. The summed E-state index contributed by atoms with van der Waals surface area (Å²) in [7, 11) is 1.44. The smallest absolute Gasteiger partial charge is 0.321 e. The van der Waals surface area contributed by atoms with E-state index in [1.807, 2.05) is 4.57 Å². The molecular formula is C18H22FN5O3S. The fourth-order valence-electron chi connectivity index (χ4n) is 2.83. The molecule has 2 aromatic rings. The van der Waals surface area contributed by atoms with Crippen molar-refractivity contribution in [2.45, 2.75) is 42.8 Å². The third-order valence-electron chi connectivity index (χ3n) is 4.34. The number of hydrogen-bond donors (Lipinski definition) is 2. The number of aromatic nitrogens is 3. The molecule has 0 radical (unpaired) electrons. The van der Waals surface area contributed by atoms with Crippen LogP contribution < -0.4 is 10.6 Å². The number of carbonyl (C=O) groups is 2. The Labute approximate surface area is 166 Å². The predicted octanol–water partition coefficient (Wildman–Crippen LogP) is 2.20. The zero-order chi connectivity index (χ0) is 20.1. The van der Waals surface area contributed by atoms with Gasteiger partial charge in [-0.15, -0.1) is 10.2 Å². The van der Waals surface area contributed by atoms with E-state index in [0.29, 0.717) is 24.1 Å². The molecular weight excluding hydrogens is 385 g/mol. The van der Waals surface area contributed by atoms with E-state index in [4.69, 9.17) is 4.74 Å². The predicted molar refractivity (Wildman–Crippen MR) is 102 cm³/mol. The van der Waals surface area contributed by atoms with Gasteiger partial charge in [0.2, 0.25) is 5.91 Å². The average molecular weight is 407 g/mol. The fraction of sp³-hybridized carbons (Fsp3) is 0.444. The van der Waals surface area contributed by atoms with Gasteiger partial charge in [0.05, 0.1) is 17.9 Å². The Hall–Kier alpha value is -2.46. The number of benzene rings is 1. The highest BCUT2D eigenvalue weighted by Gasteiger charge is 2.25. The van der Waals surface area contributed by atoms with Gasteiger partial charge >= 0.3 is 6.03 Å². The maximum atomic E-state index is 13.3. The first-order valence-corrected chi connectivity index (χ1v) is 9.86. The summed E-state index contributed by atoms with van der Waals surface area (Å²) in [6.45, 7) is 2.93. The maximum Gasteiger partial charge on any atom is 0.321 e. The van der Waals surface area contributed by atoms with E-state index in [9.17, 15) is 14.0 Å². The third kappa shape index (κ3) is 4.87. The van der Waals surface area contributed by atoms with E-state index in [-0.39, 0.29) is 11.9 Å². The monoisotopic (exact) mass is 407 g/mol. The topological polar surface area (TPSA) is 98.1 Å². The van der Waals surface area contributed by atoms with Crippen LogP contribution in [-0.4, -0.2) is 51.7 Å². The molecule has 150 valence electrons. The largest absolute Gasteiger partial charge is 0.376 e. The summed E-state index contributed by atoms with van der Waals surface area (Å²) >= 11 is 1.20. The van der Waals surface area contributed by atoms with Crippen LogP contribution in [0.1, 0.15) is 19.8 Å². The zero-order valence-corrected chi connectivity index (χ0v) is 16.5. The van der Waals surface area contributed by atoms with Crippen LogP contribution >= 0.6 is 11.8 Å². The molecule has 2 heterocycles. The van der Waals surface area contributed by atoms with Crippen LogP contribution in [0.25, 0.3) is 11.4 Å². The van der Waals surface area contributed by atoms with E-state index in [1.165, 1.54) is 30.9 Å². The minimum absolute atomic E-state index is 0.0320. The summed E-state index contributed by atoms with van der Waals surface area (Å²) in [5, 5.41) is 13.0. The lowest BCUT2D eigenvalue weighted by atomic mass is 10.2. The van der Waals surface area contributed by atoms with Crippen LogP contribution in [0, 0.1) is 5.82 Å². The lowest BCUT2D eigenvalue weighted by Gasteiger charge is -2.16. The number of urea groups is 1. The average Bonchev–Trinajstić information content (AvgIpc) is 3.33. The van der Waals surface area contributed by atoms with Gasteiger partial charge in [0.25, 0.3) is 0 Å². The first kappa shape index (κ1) is 20.3. The Morgan fingerprint density at radius 3 is 2.75 bits per heavy atom. The number of hydrogen-bond acceptors (Lipinski definition) is 6. The van der Waals surface area contributed by atoms with Crippen LogP contribution in [0.4, 0.5) is 9.18 Å². The Morgan fingerprint density at radius 2 is 2.11 bits per heavy atom. The Kier molecular flexibility index (Phi) is 6.63. The van der Waals surface area contributed by atoms with Gasteiger partial charge in [0, 0.05) is 19.2 Å². The van der Waals surface area contributed by atoms with Crippen molar-refractivity contribution in [2.24, 2.45) is 0 Å². The van der Waals surface area contributed by atoms with Gasteiger partial charge < -0.3 is 10.1 Å². The van der Waals surface area contributed by atoms with E-state index in [0.717, 1.165) is 18.4 Å². The van der Waals surface area contributed by atoms with Crippen molar-refractivity contribution >= 4 is 23.7 Å². The molecule has 1 aliphatic rings. The van der Waals surface area contributed by atoms with E-state index < -0.39 is 17.2 Å². The summed E-state index contributed by atoms with van der Waals surface area (Å²) in [5.41, 5.74) is 0.723. The molecule has 0 bridgehead atoms. The summed E-state index contributed by atoms with van der Waals surface area (Å²) < 4.78 is 20.9. The molecule has 0 saturated carbocycles. The standard InChI is InChI=1S/C18H22FN5O3S/c1-11(16(25)21-17(26)20-2)28-18-23-22-15(12-5-7-13(19)8-6-12)24(18)10-14-4-3-9-27-14/h5-8,11,14H,3-4,9-10H2,1-2H3,(H2,20,21,25,26)/t11-,14-/m1/s1. The highest BCUT2D eigenvalue weighted by Crippen LogP contribution is 2.29. The minimum Gasteiger partial charge on any atom is -0.376 e. The molecule has 1 saturated heterocycles. The second-order valence-electron chi connectivity index (χ2n) is 6.39. The molecule has 8 nitrogen and oxygen atoms in total. The normalized spacial score (nSPS) is 17.3. The molecule has 1 aromatic heterocycles. The van der Waals surface area contributed by atoms with E-state index in [2.05, 4.69) is 20.8 Å². The zero-order valence-electron chi connectivity index (χ0n) is 15.6. The fourth-order valence-corrected chi connectivity index (χ4v) is 3.69. The number of nitrogens with zero attached hydrogens (tertiary/aromatic N) is 3. The quantitative estimate of drug-likeness (QED) is 0.713. The Morgan fingerprint density at radius 1 is 1.36 bits per heavy atom. The summed E-state index contributed by atoms with van der Waals surface area (Å²) in [6, 6.07) is 5.45. The van der Waals surface area contributed by atoms with Gasteiger partial charge in [0.1, 0.15) is 5.82 Å². The van der Waals surface area contributed by atoms with Gasteiger partial charge in [-0.2, -0.15) is 0 Å². The summed E-state index contributed by atoms with van der Waals surface area (Å²) in [6.07, 6.45) is 1.95. The number of imide groups is 1. The molecule has 2 atom stereocenters. The third-order valence-corrected chi connectivity index (χ3v) is 5.43. The van der Waals surface area contributed by atoms with Gasteiger partial charge in [-0.05, 0) is 44.0 Å². The molecule has 0 unspecified atom stereocenters. The van der Waals surface area contributed by atoms with Crippen molar-refractivity contribution in [1.82, 2.24) is 25.4 Å². The molecule has 0 spiro atoms. The van der Waals surface area contributed by atoms with Gasteiger partial charge in [-0.25, -0.2) is 9.18 Å². The second kappa shape index (κ2) is 9.16. The van der Waals surface area contributed by atoms with E-state index >= 15 is 0 Å². The van der Waals surface area contributed by atoms with Gasteiger partial charge in [-0.1, -0.05) is 11.8 Å². The van der Waals surface area contributed by atoms with Crippen LogP contribution in [-0.2, 0) is 16.1 Å². The Bertz CT molecular complexity index is 836. The molecule has 10 heteroatoms. The highest BCUT2D eigenvalue weighted by atomic mass is 32.2. The molecule has 28 heavy (non-hydrogen) atoms. The summed E-state index contributed by atoms with van der Waals surface area (Å²) in [4.78, 5) is 23.5. The van der Waals surface area contributed by atoms with Crippen LogP contribution in [0.15, 0.2) is 29.4 Å². The van der Waals surface area contributed by atoms with Crippen LogP contribution in [0.2, 0.25) is 0 Å². The van der Waals surface area contributed by atoms with Crippen molar-refractivity contribution in [3.8, 4) is 11.4 Å². The number of ether oxygens (including phenoxy) is 1. The van der Waals surface area contributed by atoms with Crippen molar-refractivity contribution in [1.29, 1.82) is 0 Å². The van der Waals surface area contributed by atoms with Crippen LogP contribution in [0.5, 0.6) is 0 Å². The minimum atomic E-state index is -0.565. The second-order valence-corrected chi connectivity index (χ2v) is 7.70. The number of rotatable bonds is 6. The lowest BCUT2D eigenvalue weighted by molar-refractivity contribution is -0.119. The first-order valence-electron chi connectivity index (χ1n) is 8.98. The summed E-state index contributed by atoms with van der Waals surface area (Å²) in [5.74, 6) is -0.181. The van der Waals surface area contributed by atoms with Gasteiger partial charge in [0.15, 0.2) is 11.0 Å².